The Hall–Kier alpha value is -1.54. The van der Waals surface area contributed by atoms with Gasteiger partial charge in [0.25, 0.3) is 0 Å². The maximum atomic E-state index is 4.44. The van der Waals surface area contributed by atoms with Crippen LogP contribution in [0.4, 0.5) is 0 Å². The van der Waals surface area contributed by atoms with E-state index in [1.54, 1.807) is 0 Å². The molecule has 2 aromatic rings. The molecular weight excluding hydrogens is 280 g/mol. The number of nitrogens with zero attached hydrogens (tertiary/aromatic N) is 1. The van der Waals surface area contributed by atoms with Gasteiger partial charge in [0.2, 0.25) is 0 Å². The SMILES string of the molecule is C=C(CCC12CCN(CC1)CC2)c1c[nH]c2cc(C)cc(C)c12. The number of aromatic nitrogens is 1. The zero-order valence-electron chi connectivity index (χ0n) is 14.5. The Morgan fingerprint density at radius 1 is 1.17 bits per heavy atom. The summed E-state index contributed by atoms with van der Waals surface area (Å²) in [6, 6.07) is 4.52. The lowest BCUT2D eigenvalue weighted by atomic mass is 9.68. The third kappa shape index (κ3) is 2.63. The Balaban J connectivity index is 1.53. The van der Waals surface area contributed by atoms with E-state index in [1.165, 1.54) is 78.5 Å². The number of benzene rings is 1. The van der Waals surface area contributed by atoms with Crippen LogP contribution in [0, 0.1) is 19.3 Å². The van der Waals surface area contributed by atoms with Crippen molar-refractivity contribution in [2.45, 2.75) is 46.0 Å². The van der Waals surface area contributed by atoms with Gasteiger partial charge in [-0.3, -0.25) is 0 Å². The predicted molar refractivity (Wildman–Crippen MR) is 98.8 cm³/mol. The van der Waals surface area contributed by atoms with Crippen LogP contribution in [0.15, 0.2) is 24.9 Å². The monoisotopic (exact) mass is 308 g/mol. The molecular formula is C21H28N2. The highest BCUT2D eigenvalue weighted by atomic mass is 15.1. The van der Waals surface area contributed by atoms with Crippen molar-refractivity contribution in [3.05, 3.63) is 41.6 Å². The first-order valence-electron chi connectivity index (χ1n) is 9.05. The third-order valence-electron chi connectivity index (χ3n) is 6.33. The second kappa shape index (κ2) is 5.52. The average molecular weight is 308 g/mol. The van der Waals surface area contributed by atoms with E-state index < -0.39 is 0 Å². The fourth-order valence-corrected chi connectivity index (χ4v) is 4.76. The summed E-state index contributed by atoms with van der Waals surface area (Å²) >= 11 is 0. The molecule has 0 saturated carbocycles. The van der Waals surface area contributed by atoms with E-state index >= 15 is 0 Å². The van der Waals surface area contributed by atoms with Gasteiger partial charge in [0, 0.05) is 22.7 Å². The van der Waals surface area contributed by atoms with E-state index in [1.807, 2.05) is 0 Å². The number of hydrogen-bond acceptors (Lipinski definition) is 1. The van der Waals surface area contributed by atoms with Crippen LogP contribution < -0.4 is 0 Å². The Labute approximate surface area is 139 Å². The molecule has 0 unspecified atom stereocenters. The summed E-state index contributed by atoms with van der Waals surface area (Å²) in [6.07, 6.45) is 8.81. The van der Waals surface area contributed by atoms with Crippen LogP contribution >= 0.6 is 0 Å². The molecule has 5 rings (SSSR count). The van der Waals surface area contributed by atoms with Gasteiger partial charge in [0.15, 0.2) is 0 Å². The van der Waals surface area contributed by atoms with Crippen LogP contribution in [0.2, 0.25) is 0 Å². The van der Waals surface area contributed by atoms with E-state index in [2.05, 4.69) is 48.6 Å². The number of nitrogens with one attached hydrogen (secondary N) is 1. The minimum atomic E-state index is 0.607. The van der Waals surface area contributed by atoms with Crippen molar-refractivity contribution in [2.24, 2.45) is 5.41 Å². The van der Waals surface area contributed by atoms with Crippen LogP contribution in [0.25, 0.3) is 16.5 Å². The van der Waals surface area contributed by atoms with Crippen molar-refractivity contribution in [2.75, 3.05) is 19.6 Å². The molecule has 3 saturated heterocycles. The number of aromatic amines is 1. The molecule has 1 N–H and O–H groups in total. The standard InChI is InChI=1S/C21H28N2/c1-15-12-17(3)20-18(14-22-19(20)13-15)16(2)4-5-21-6-9-23(10-7-21)11-8-21/h12-14,22H,2,4-11H2,1,3H3. The number of hydrogen-bond donors (Lipinski definition) is 1. The molecule has 122 valence electrons. The van der Waals surface area contributed by atoms with Gasteiger partial charge < -0.3 is 9.88 Å². The second-order valence-corrected chi connectivity index (χ2v) is 7.90. The van der Waals surface area contributed by atoms with Gasteiger partial charge in [-0.1, -0.05) is 12.6 Å². The molecule has 0 atom stereocenters. The summed E-state index contributed by atoms with van der Waals surface area (Å²) in [4.78, 5) is 6.08. The first kappa shape index (κ1) is 15.0. The normalized spacial score (nSPS) is 26.8. The molecule has 0 spiro atoms. The summed E-state index contributed by atoms with van der Waals surface area (Å²) in [5.41, 5.74) is 7.19. The number of aryl methyl sites for hydroxylation is 2. The van der Waals surface area contributed by atoms with Crippen LogP contribution in [0.5, 0.6) is 0 Å². The number of allylic oxidation sites excluding steroid dienone is 1. The number of fused-ring (bicyclic) bond motifs is 4. The maximum absolute atomic E-state index is 4.44. The third-order valence-corrected chi connectivity index (χ3v) is 6.33. The summed E-state index contributed by atoms with van der Waals surface area (Å²) in [5, 5.41) is 1.37. The van der Waals surface area contributed by atoms with Gasteiger partial charge in [0.1, 0.15) is 0 Å². The minimum Gasteiger partial charge on any atom is -0.361 e. The molecule has 0 aliphatic carbocycles. The molecule has 3 aliphatic rings. The van der Waals surface area contributed by atoms with Crippen molar-refractivity contribution in [1.29, 1.82) is 0 Å². The largest absolute Gasteiger partial charge is 0.361 e. The van der Waals surface area contributed by atoms with Crippen LogP contribution in [0.3, 0.4) is 0 Å². The highest BCUT2D eigenvalue weighted by Crippen LogP contribution is 2.45. The van der Waals surface area contributed by atoms with Gasteiger partial charge in [-0.15, -0.1) is 0 Å². The molecule has 3 fully saturated rings. The Kier molecular flexibility index (Phi) is 3.60. The predicted octanol–water partition coefficient (Wildman–Crippen LogP) is 5.06. The molecule has 2 bridgehead atoms. The Morgan fingerprint density at radius 2 is 1.87 bits per heavy atom. The second-order valence-electron chi connectivity index (χ2n) is 7.90. The molecule has 0 radical (unpaired) electrons. The van der Waals surface area contributed by atoms with E-state index in [9.17, 15) is 0 Å². The van der Waals surface area contributed by atoms with Gasteiger partial charge in [-0.05, 0) is 93.8 Å². The fraction of sp³-hybridized carbons (Fsp3) is 0.524. The maximum Gasteiger partial charge on any atom is 0.0465 e. The molecule has 23 heavy (non-hydrogen) atoms. The number of rotatable bonds is 4. The number of piperidine rings is 3. The van der Waals surface area contributed by atoms with Crippen molar-refractivity contribution in [3.63, 3.8) is 0 Å². The first-order chi connectivity index (χ1) is 11.1. The van der Waals surface area contributed by atoms with E-state index in [0.29, 0.717) is 5.41 Å². The van der Waals surface area contributed by atoms with Crippen LogP contribution in [-0.2, 0) is 0 Å². The van der Waals surface area contributed by atoms with Crippen molar-refractivity contribution < 1.29 is 0 Å². The Bertz CT molecular complexity index is 731. The van der Waals surface area contributed by atoms with Crippen molar-refractivity contribution in [3.8, 4) is 0 Å². The molecule has 2 heteroatoms. The van der Waals surface area contributed by atoms with E-state index in [0.717, 1.165) is 6.42 Å². The zero-order chi connectivity index (χ0) is 16.0. The van der Waals surface area contributed by atoms with Crippen LogP contribution in [0.1, 0.15) is 48.8 Å². The van der Waals surface area contributed by atoms with Gasteiger partial charge >= 0.3 is 0 Å². The molecule has 4 heterocycles. The smallest absolute Gasteiger partial charge is 0.0465 e. The lowest BCUT2D eigenvalue weighted by Gasteiger charge is -2.48. The van der Waals surface area contributed by atoms with E-state index in [-0.39, 0.29) is 0 Å². The first-order valence-corrected chi connectivity index (χ1v) is 9.05. The highest BCUT2D eigenvalue weighted by molar-refractivity contribution is 5.94. The lowest BCUT2D eigenvalue weighted by molar-refractivity contribution is 0.0211. The molecule has 1 aromatic heterocycles. The minimum absolute atomic E-state index is 0.607. The van der Waals surface area contributed by atoms with E-state index in [4.69, 9.17) is 0 Å². The quantitative estimate of drug-likeness (QED) is 0.836. The molecule has 2 nitrogen and oxygen atoms in total. The topological polar surface area (TPSA) is 19.0 Å². The lowest BCUT2D eigenvalue weighted by Crippen LogP contribution is -2.48. The highest BCUT2D eigenvalue weighted by Gasteiger charge is 2.38. The molecule has 1 aromatic carbocycles. The van der Waals surface area contributed by atoms with Gasteiger partial charge in [-0.25, -0.2) is 0 Å². The fourth-order valence-electron chi connectivity index (χ4n) is 4.76. The summed E-state index contributed by atoms with van der Waals surface area (Å²) < 4.78 is 0. The molecule has 0 amide bonds. The van der Waals surface area contributed by atoms with Gasteiger partial charge in [0.05, 0.1) is 0 Å². The summed E-state index contributed by atoms with van der Waals surface area (Å²) in [7, 11) is 0. The van der Waals surface area contributed by atoms with Gasteiger partial charge in [-0.2, -0.15) is 0 Å². The average Bonchev–Trinajstić information content (AvgIpc) is 2.98. The number of H-pyrrole nitrogens is 1. The summed E-state index contributed by atoms with van der Waals surface area (Å²) in [5.74, 6) is 0. The molecule has 3 aliphatic heterocycles. The van der Waals surface area contributed by atoms with Crippen molar-refractivity contribution >= 4 is 16.5 Å². The van der Waals surface area contributed by atoms with Crippen molar-refractivity contribution in [1.82, 2.24) is 9.88 Å². The van der Waals surface area contributed by atoms with Crippen LogP contribution in [-0.4, -0.2) is 29.5 Å². The zero-order valence-corrected chi connectivity index (χ0v) is 14.5. The summed E-state index contributed by atoms with van der Waals surface area (Å²) in [6.45, 7) is 12.8. The Morgan fingerprint density at radius 3 is 2.57 bits per heavy atom.